The van der Waals surface area contributed by atoms with Gasteiger partial charge in [-0.25, -0.2) is 0 Å². The standard InChI is InChI=1S/C20H20BrN3O2.2ClH/c1-25-19-10-16(12-23-13-17-6-2-3-8-24-17)9-18(21)20(19)26-14-15-5-4-7-22-11-15;;/h2-11,23H,12-14H2,1H3;2*1H. The monoisotopic (exact) mass is 485 g/mol. The van der Waals surface area contributed by atoms with Crippen molar-refractivity contribution in [1.82, 2.24) is 15.3 Å². The van der Waals surface area contributed by atoms with Crippen LogP contribution in [0.3, 0.4) is 0 Å². The topological polar surface area (TPSA) is 56.3 Å². The highest BCUT2D eigenvalue weighted by Gasteiger charge is 2.12. The van der Waals surface area contributed by atoms with E-state index >= 15 is 0 Å². The molecule has 0 aliphatic heterocycles. The van der Waals surface area contributed by atoms with E-state index in [0.29, 0.717) is 31.2 Å². The maximum atomic E-state index is 5.93. The number of hydrogen-bond acceptors (Lipinski definition) is 5. The number of pyridine rings is 2. The molecule has 0 aliphatic carbocycles. The highest BCUT2D eigenvalue weighted by atomic mass is 79.9. The van der Waals surface area contributed by atoms with Gasteiger partial charge in [-0.2, -0.15) is 0 Å². The Bertz CT molecular complexity index is 840. The molecule has 28 heavy (non-hydrogen) atoms. The maximum Gasteiger partial charge on any atom is 0.175 e. The molecule has 150 valence electrons. The molecule has 0 amide bonds. The number of benzene rings is 1. The number of ether oxygens (including phenoxy) is 2. The van der Waals surface area contributed by atoms with Gasteiger partial charge in [-0.05, 0) is 51.8 Å². The largest absolute Gasteiger partial charge is 0.493 e. The molecule has 2 aromatic heterocycles. The van der Waals surface area contributed by atoms with Gasteiger partial charge < -0.3 is 14.8 Å². The van der Waals surface area contributed by atoms with Gasteiger partial charge in [-0.3, -0.25) is 9.97 Å². The molecule has 0 aliphatic rings. The minimum absolute atomic E-state index is 0. The first kappa shape index (κ1) is 24.2. The molecule has 0 saturated carbocycles. The molecule has 5 nitrogen and oxygen atoms in total. The van der Waals surface area contributed by atoms with Gasteiger partial charge >= 0.3 is 0 Å². The third-order valence-electron chi connectivity index (χ3n) is 3.76. The van der Waals surface area contributed by atoms with Gasteiger partial charge in [-0.15, -0.1) is 24.8 Å². The summed E-state index contributed by atoms with van der Waals surface area (Å²) < 4.78 is 12.3. The first-order valence-electron chi connectivity index (χ1n) is 8.25. The van der Waals surface area contributed by atoms with Crippen LogP contribution in [0.25, 0.3) is 0 Å². The summed E-state index contributed by atoms with van der Waals surface area (Å²) in [6.45, 7) is 1.84. The number of hydrogen-bond donors (Lipinski definition) is 1. The molecule has 2 heterocycles. The number of methoxy groups -OCH3 is 1. The number of nitrogens with zero attached hydrogens (tertiary/aromatic N) is 2. The fraction of sp³-hybridized carbons (Fsp3) is 0.200. The first-order chi connectivity index (χ1) is 12.8. The van der Waals surface area contributed by atoms with Crippen LogP contribution in [-0.4, -0.2) is 17.1 Å². The summed E-state index contributed by atoms with van der Waals surface area (Å²) in [5.41, 5.74) is 3.11. The van der Waals surface area contributed by atoms with Gasteiger partial charge in [0.2, 0.25) is 0 Å². The van der Waals surface area contributed by atoms with Gasteiger partial charge in [0, 0.05) is 37.2 Å². The molecule has 0 spiro atoms. The van der Waals surface area contributed by atoms with Crippen molar-refractivity contribution >= 4 is 40.7 Å². The van der Waals surface area contributed by atoms with E-state index in [1.807, 2.05) is 42.5 Å². The third-order valence-corrected chi connectivity index (χ3v) is 4.35. The second-order valence-electron chi connectivity index (χ2n) is 5.68. The molecule has 1 N–H and O–H groups in total. The quantitative estimate of drug-likeness (QED) is 0.487. The van der Waals surface area contributed by atoms with Crippen LogP contribution in [-0.2, 0) is 19.7 Å². The number of aromatic nitrogens is 2. The molecule has 0 fully saturated rings. The lowest BCUT2D eigenvalue weighted by atomic mass is 10.2. The summed E-state index contributed by atoms with van der Waals surface area (Å²) in [4.78, 5) is 8.41. The van der Waals surface area contributed by atoms with Crippen LogP contribution in [0.1, 0.15) is 16.8 Å². The highest BCUT2D eigenvalue weighted by molar-refractivity contribution is 9.10. The summed E-state index contributed by atoms with van der Waals surface area (Å²) in [6, 6.07) is 13.8. The molecule has 3 aromatic rings. The SMILES string of the molecule is COc1cc(CNCc2ccccn2)cc(Br)c1OCc1cccnc1.Cl.Cl. The normalized spacial score (nSPS) is 9.79. The molecule has 0 saturated heterocycles. The summed E-state index contributed by atoms with van der Waals surface area (Å²) in [5.74, 6) is 1.38. The lowest BCUT2D eigenvalue weighted by Gasteiger charge is -2.15. The van der Waals surface area contributed by atoms with Gasteiger partial charge in [0.05, 0.1) is 17.3 Å². The highest BCUT2D eigenvalue weighted by Crippen LogP contribution is 2.37. The van der Waals surface area contributed by atoms with Crippen LogP contribution in [0.5, 0.6) is 11.5 Å². The van der Waals surface area contributed by atoms with E-state index in [9.17, 15) is 0 Å². The molecule has 3 rings (SSSR count). The van der Waals surface area contributed by atoms with Crippen LogP contribution in [0.15, 0.2) is 65.5 Å². The minimum Gasteiger partial charge on any atom is -0.493 e. The summed E-state index contributed by atoms with van der Waals surface area (Å²) in [7, 11) is 1.64. The van der Waals surface area contributed by atoms with Crippen molar-refractivity contribution in [3.63, 3.8) is 0 Å². The van der Waals surface area contributed by atoms with E-state index in [-0.39, 0.29) is 24.8 Å². The zero-order chi connectivity index (χ0) is 18.2. The average Bonchev–Trinajstić information content (AvgIpc) is 2.68. The molecule has 8 heteroatoms. The van der Waals surface area contributed by atoms with Crippen molar-refractivity contribution in [1.29, 1.82) is 0 Å². The Hall–Kier alpha value is -1.86. The zero-order valence-electron chi connectivity index (χ0n) is 15.3. The Balaban J connectivity index is 0.00000196. The molecular formula is C20H22BrCl2N3O2. The van der Waals surface area contributed by atoms with Crippen molar-refractivity contribution in [2.75, 3.05) is 7.11 Å². The molecule has 0 atom stereocenters. The van der Waals surface area contributed by atoms with Crippen LogP contribution >= 0.6 is 40.7 Å². The van der Waals surface area contributed by atoms with Gasteiger partial charge in [0.25, 0.3) is 0 Å². The van der Waals surface area contributed by atoms with Crippen molar-refractivity contribution in [2.24, 2.45) is 0 Å². The van der Waals surface area contributed by atoms with E-state index in [4.69, 9.17) is 9.47 Å². The molecule has 0 unspecified atom stereocenters. The van der Waals surface area contributed by atoms with Crippen molar-refractivity contribution in [3.8, 4) is 11.5 Å². The van der Waals surface area contributed by atoms with Crippen LogP contribution in [0.2, 0.25) is 0 Å². The van der Waals surface area contributed by atoms with Crippen LogP contribution in [0.4, 0.5) is 0 Å². The second-order valence-corrected chi connectivity index (χ2v) is 6.54. The fourth-order valence-electron chi connectivity index (χ4n) is 2.49. The molecule has 0 bridgehead atoms. The van der Waals surface area contributed by atoms with E-state index in [2.05, 4.69) is 31.2 Å². The summed E-state index contributed by atoms with van der Waals surface area (Å²) in [5, 5.41) is 3.39. The Morgan fingerprint density at radius 1 is 1.00 bits per heavy atom. The average molecular weight is 487 g/mol. The minimum atomic E-state index is 0. The van der Waals surface area contributed by atoms with Gasteiger partial charge in [0.15, 0.2) is 11.5 Å². The van der Waals surface area contributed by atoms with Gasteiger partial charge in [0.1, 0.15) is 6.61 Å². The fourth-order valence-corrected chi connectivity index (χ4v) is 3.10. The Morgan fingerprint density at radius 3 is 2.54 bits per heavy atom. The Labute approximate surface area is 185 Å². The van der Waals surface area contributed by atoms with E-state index in [1.54, 1.807) is 25.7 Å². The lowest BCUT2D eigenvalue weighted by molar-refractivity contribution is 0.282. The van der Waals surface area contributed by atoms with Crippen LogP contribution < -0.4 is 14.8 Å². The van der Waals surface area contributed by atoms with Crippen molar-refractivity contribution in [3.05, 3.63) is 82.3 Å². The van der Waals surface area contributed by atoms with E-state index in [0.717, 1.165) is 21.3 Å². The van der Waals surface area contributed by atoms with Crippen LogP contribution in [0, 0.1) is 0 Å². The Morgan fingerprint density at radius 2 is 1.86 bits per heavy atom. The molecular weight excluding hydrogens is 465 g/mol. The first-order valence-corrected chi connectivity index (χ1v) is 9.04. The van der Waals surface area contributed by atoms with Crippen molar-refractivity contribution in [2.45, 2.75) is 19.7 Å². The Kier molecular flexibility index (Phi) is 10.9. The van der Waals surface area contributed by atoms with E-state index < -0.39 is 0 Å². The smallest absolute Gasteiger partial charge is 0.175 e. The number of halogens is 3. The summed E-state index contributed by atoms with van der Waals surface area (Å²) >= 11 is 3.59. The third kappa shape index (κ3) is 6.95. The van der Waals surface area contributed by atoms with Crippen molar-refractivity contribution < 1.29 is 9.47 Å². The zero-order valence-corrected chi connectivity index (χ0v) is 18.5. The predicted molar refractivity (Wildman–Crippen MR) is 119 cm³/mol. The molecule has 1 aromatic carbocycles. The lowest BCUT2D eigenvalue weighted by Crippen LogP contribution is -2.13. The van der Waals surface area contributed by atoms with Gasteiger partial charge in [-0.1, -0.05) is 12.1 Å². The van der Waals surface area contributed by atoms with E-state index in [1.165, 1.54) is 0 Å². The summed E-state index contributed by atoms with van der Waals surface area (Å²) in [6.07, 6.45) is 5.33. The number of nitrogens with one attached hydrogen (secondary N) is 1. The maximum absolute atomic E-state index is 5.93. The molecule has 0 radical (unpaired) electrons. The second kappa shape index (κ2) is 12.6. The predicted octanol–water partition coefficient (Wildman–Crippen LogP) is 4.96. The number of rotatable bonds is 8.